The van der Waals surface area contributed by atoms with Crippen molar-refractivity contribution in [1.29, 1.82) is 0 Å². The molecule has 0 spiro atoms. The van der Waals surface area contributed by atoms with Gasteiger partial charge in [-0.15, -0.1) is 0 Å². The van der Waals surface area contributed by atoms with Gasteiger partial charge in [-0.3, -0.25) is 9.89 Å². The van der Waals surface area contributed by atoms with E-state index in [1.165, 1.54) is 0 Å². The molecule has 2 aromatic carbocycles. The van der Waals surface area contributed by atoms with Gasteiger partial charge < -0.3 is 16.0 Å². The molecule has 4 aromatic rings. The highest BCUT2D eigenvalue weighted by atomic mass is 16.1. The smallest absolute Gasteiger partial charge is 0.233 e. The van der Waals surface area contributed by atoms with Gasteiger partial charge in [0, 0.05) is 23.1 Å². The van der Waals surface area contributed by atoms with E-state index in [0.29, 0.717) is 29.2 Å². The summed E-state index contributed by atoms with van der Waals surface area (Å²) in [5.41, 5.74) is 3.44. The van der Waals surface area contributed by atoms with Crippen molar-refractivity contribution < 1.29 is 4.79 Å². The minimum Gasteiger partial charge on any atom is -0.326 e. The summed E-state index contributed by atoms with van der Waals surface area (Å²) >= 11 is 0. The van der Waals surface area contributed by atoms with Crippen LogP contribution in [0.3, 0.4) is 0 Å². The Balaban J connectivity index is 1.41. The first-order valence-corrected chi connectivity index (χ1v) is 9.76. The number of aromatic amines is 1. The van der Waals surface area contributed by atoms with E-state index in [2.05, 4.69) is 41.1 Å². The number of aryl methyl sites for hydroxylation is 2. The normalized spacial score (nSPS) is 10.5. The van der Waals surface area contributed by atoms with Crippen molar-refractivity contribution in [3.8, 4) is 0 Å². The van der Waals surface area contributed by atoms with Gasteiger partial charge in [0.25, 0.3) is 0 Å². The van der Waals surface area contributed by atoms with Crippen molar-refractivity contribution in [2.24, 2.45) is 0 Å². The fraction of sp³-hybridized carbons (Fsp3) is 0.136. The molecule has 0 saturated carbocycles. The average molecular weight is 414 g/mol. The molecule has 4 rings (SSSR count). The third kappa shape index (κ3) is 5.63. The van der Waals surface area contributed by atoms with E-state index < -0.39 is 0 Å². The van der Waals surface area contributed by atoms with E-state index in [0.717, 1.165) is 16.9 Å². The number of aromatic nitrogens is 5. The van der Waals surface area contributed by atoms with E-state index in [-0.39, 0.29) is 12.3 Å². The first kappa shape index (κ1) is 20.0. The SMILES string of the molecule is Cc1cccc(Nc2nc(C)nc(Nc3cc(CC(=O)Nc4ccccc4)[nH]n3)n2)c1. The summed E-state index contributed by atoms with van der Waals surface area (Å²) in [7, 11) is 0. The number of nitrogens with zero attached hydrogens (tertiary/aromatic N) is 4. The summed E-state index contributed by atoms with van der Waals surface area (Å²) in [4.78, 5) is 25.3. The Morgan fingerprint density at radius 2 is 1.61 bits per heavy atom. The Kier molecular flexibility index (Phi) is 5.84. The number of hydrogen-bond acceptors (Lipinski definition) is 7. The minimum absolute atomic E-state index is 0.137. The molecular formula is C22H22N8O. The molecule has 2 aromatic heterocycles. The lowest BCUT2D eigenvalue weighted by Crippen LogP contribution is -2.14. The molecule has 156 valence electrons. The van der Waals surface area contributed by atoms with Crippen LogP contribution >= 0.6 is 0 Å². The fourth-order valence-corrected chi connectivity index (χ4v) is 2.98. The van der Waals surface area contributed by atoms with Crippen molar-refractivity contribution in [1.82, 2.24) is 25.1 Å². The van der Waals surface area contributed by atoms with Crippen molar-refractivity contribution in [3.63, 3.8) is 0 Å². The largest absolute Gasteiger partial charge is 0.326 e. The molecule has 0 radical (unpaired) electrons. The molecule has 0 atom stereocenters. The van der Waals surface area contributed by atoms with Crippen LogP contribution in [0.5, 0.6) is 0 Å². The van der Waals surface area contributed by atoms with Crippen LogP contribution in [0.4, 0.5) is 29.1 Å². The summed E-state index contributed by atoms with van der Waals surface area (Å²) in [6.45, 7) is 3.81. The molecule has 0 bridgehead atoms. The van der Waals surface area contributed by atoms with Crippen molar-refractivity contribution >= 4 is 35.0 Å². The molecule has 9 nitrogen and oxygen atoms in total. The van der Waals surface area contributed by atoms with Gasteiger partial charge in [0.05, 0.1) is 6.42 Å². The van der Waals surface area contributed by atoms with Crippen LogP contribution in [0, 0.1) is 13.8 Å². The van der Waals surface area contributed by atoms with E-state index in [1.54, 1.807) is 13.0 Å². The monoisotopic (exact) mass is 414 g/mol. The topological polar surface area (TPSA) is 121 Å². The predicted octanol–water partition coefficient (Wildman–Crippen LogP) is 3.88. The lowest BCUT2D eigenvalue weighted by Gasteiger charge is -2.08. The zero-order valence-electron chi connectivity index (χ0n) is 17.2. The molecule has 0 aliphatic heterocycles. The zero-order valence-corrected chi connectivity index (χ0v) is 17.2. The first-order chi connectivity index (χ1) is 15.0. The van der Waals surface area contributed by atoms with Crippen LogP contribution in [0.2, 0.25) is 0 Å². The summed E-state index contributed by atoms with van der Waals surface area (Å²) in [6, 6.07) is 19.0. The minimum atomic E-state index is -0.137. The van der Waals surface area contributed by atoms with E-state index >= 15 is 0 Å². The fourth-order valence-electron chi connectivity index (χ4n) is 2.98. The second-order valence-electron chi connectivity index (χ2n) is 7.02. The number of carbonyl (C=O) groups excluding carboxylic acids is 1. The van der Waals surface area contributed by atoms with Crippen LogP contribution in [0.15, 0.2) is 60.7 Å². The van der Waals surface area contributed by atoms with Gasteiger partial charge in [0.2, 0.25) is 17.8 Å². The van der Waals surface area contributed by atoms with Crippen molar-refractivity contribution in [2.45, 2.75) is 20.3 Å². The molecule has 2 heterocycles. The van der Waals surface area contributed by atoms with E-state index in [4.69, 9.17) is 0 Å². The lowest BCUT2D eigenvalue weighted by atomic mass is 10.2. The number of hydrogen-bond donors (Lipinski definition) is 4. The number of rotatable bonds is 7. The van der Waals surface area contributed by atoms with Gasteiger partial charge in [0.1, 0.15) is 5.82 Å². The van der Waals surface area contributed by atoms with Gasteiger partial charge in [-0.1, -0.05) is 30.3 Å². The molecule has 0 saturated heterocycles. The number of benzene rings is 2. The number of H-pyrrole nitrogens is 1. The van der Waals surface area contributed by atoms with E-state index in [1.807, 2.05) is 61.5 Å². The average Bonchev–Trinajstić information content (AvgIpc) is 3.14. The molecule has 4 N–H and O–H groups in total. The third-order valence-electron chi connectivity index (χ3n) is 4.30. The standard InChI is InChI=1S/C22H22N8O/c1-14-7-6-10-17(11-14)26-21-23-15(2)24-22(28-21)27-19-12-18(29-30-19)13-20(31)25-16-8-4-3-5-9-16/h3-12H,13H2,1-2H3,(H,25,31)(H3,23,24,26,27,28,29,30). The highest BCUT2D eigenvalue weighted by Crippen LogP contribution is 2.17. The molecule has 0 unspecified atom stereocenters. The number of nitrogens with one attached hydrogen (secondary N) is 4. The van der Waals surface area contributed by atoms with Crippen LogP contribution < -0.4 is 16.0 Å². The summed E-state index contributed by atoms with van der Waals surface area (Å²) < 4.78 is 0. The summed E-state index contributed by atoms with van der Waals surface area (Å²) in [6.07, 6.45) is 0.167. The molecule has 31 heavy (non-hydrogen) atoms. The maximum absolute atomic E-state index is 12.2. The summed E-state index contributed by atoms with van der Waals surface area (Å²) in [5, 5.41) is 16.1. The number of carbonyl (C=O) groups is 1. The van der Waals surface area contributed by atoms with Crippen LogP contribution in [-0.4, -0.2) is 31.1 Å². The van der Waals surface area contributed by atoms with Gasteiger partial charge in [-0.2, -0.15) is 20.1 Å². The summed E-state index contributed by atoms with van der Waals surface area (Å²) in [5.74, 6) is 1.72. The molecule has 0 fully saturated rings. The first-order valence-electron chi connectivity index (χ1n) is 9.76. The molecule has 9 heteroatoms. The Bertz CT molecular complexity index is 1190. The number of para-hydroxylation sites is 1. The highest BCUT2D eigenvalue weighted by molar-refractivity contribution is 5.92. The van der Waals surface area contributed by atoms with E-state index in [9.17, 15) is 4.79 Å². The molecular weight excluding hydrogens is 392 g/mol. The second-order valence-corrected chi connectivity index (χ2v) is 7.02. The zero-order chi connectivity index (χ0) is 21.6. The van der Waals surface area contributed by atoms with Gasteiger partial charge in [-0.05, 0) is 43.7 Å². The quantitative estimate of drug-likeness (QED) is 0.362. The van der Waals surface area contributed by atoms with Crippen molar-refractivity contribution in [3.05, 3.63) is 77.7 Å². The Labute approximate surface area is 179 Å². The number of anilines is 5. The molecule has 0 aliphatic carbocycles. The van der Waals surface area contributed by atoms with Gasteiger partial charge >= 0.3 is 0 Å². The lowest BCUT2D eigenvalue weighted by molar-refractivity contribution is -0.115. The van der Waals surface area contributed by atoms with Crippen LogP contribution in [-0.2, 0) is 11.2 Å². The van der Waals surface area contributed by atoms with Crippen LogP contribution in [0.25, 0.3) is 0 Å². The van der Waals surface area contributed by atoms with Crippen molar-refractivity contribution in [2.75, 3.05) is 16.0 Å². The molecule has 0 aliphatic rings. The number of amides is 1. The third-order valence-corrected chi connectivity index (χ3v) is 4.30. The molecule has 1 amide bonds. The van der Waals surface area contributed by atoms with Gasteiger partial charge in [0.15, 0.2) is 5.82 Å². The Morgan fingerprint density at radius 1 is 0.871 bits per heavy atom. The Morgan fingerprint density at radius 3 is 2.39 bits per heavy atom. The maximum atomic E-state index is 12.2. The van der Waals surface area contributed by atoms with Gasteiger partial charge in [-0.25, -0.2) is 0 Å². The predicted molar refractivity (Wildman–Crippen MR) is 120 cm³/mol. The van der Waals surface area contributed by atoms with Crippen LogP contribution in [0.1, 0.15) is 17.1 Å². The highest BCUT2D eigenvalue weighted by Gasteiger charge is 2.10. The Hall–Kier alpha value is -4.27. The maximum Gasteiger partial charge on any atom is 0.233 e. The second kappa shape index (κ2) is 9.04.